The second-order valence-electron chi connectivity index (χ2n) is 8.20. The Hall–Kier alpha value is -4.00. The highest BCUT2D eigenvalue weighted by molar-refractivity contribution is 6.46. The minimum absolute atomic E-state index is 0.0282. The van der Waals surface area contributed by atoms with Gasteiger partial charge in [0.1, 0.15) is 11.6 Å². The van der Waals surface area contributed by atoms with Crippen LogP contribution in [0.1, 0.15) is 28.4 Å². The monoisotopic (exact) mass is 445 g/mol. The van der Waals surface area contributed by atoms with Crippen LogP contribution in [0, 0.1) is 12.7 Å². The average Bonchev–Trinajstić information content (AvgIpc) is 3.06. The zero-order valence-electron chi connectivity index (χ0n) is 18.6. The molecule has 1 saturated heterocycles. The Morgan fingerprint density at radius 2 is 1.82 bits per heavy atom. The summed E-state index contributed by atoms with van der Waals surface area (Å²) in [5.74, 6) is -2.26. The number of nitrogens with zero attached hydrogens (tertiary/aromatic N) is 3. The minimum atomic E-state index is -0.812. The molecule has 1 unspecified atom stereocenters. The molecule has 0 aliphatic carbocycles. The first kappa shape index (κ1) is 22.2. The molecule has 1 atom stereocenters. The Balaban J connectivity index is 1.86. The molecule has 2 heterocycles. The highest BCUT2D eigenvalue weighted by atomic mass is 19.1. The molecule has 6 nitrogen and oxygen atoms in total. The van der Waals surface area contributed by atoms with E-state index in [4.69, 9.17) is 0 Å². The zero-order valence-corrected chi connectivity index (χ0v) is 18.6. The number of benzene rings is 2. The van der Waals surface area contributed by atoms with Crippen LogP contribution in [0.5, 0.6) is 0 Å². The summed E-state index contributed by atoms with van der Waals surface area (Å²) in [5, 5.41) is 11.1. The van der Waals surface area contributed by atoms with E-state index in [2.05, 4.69) is 4.98 Å². The lowest BCUT2D eigenvalue weighted by Gasteiger charge is -2.25. The molecule has 33 heavy (non-hydrogen) atoms. The Bertz CT molecular complexity index is 1240. The van der Waals surface area contributed by atoms with Crippen molar-refractivity contribution in [3.8, 4) is 0 Å². The highest BCUT2D eigenvalue weighted by Gasteiger charge is 2.46. The van der Waals surface area contributed by atoms with Gasteiger partial charge in [-0.2, -0.15) is 0 Å². The van der Waals surface area contributed by atoms with Crippen LogP contribution in [0.25, 0.3) is 5.76 Å². The summed E-state index contributed by atoms with van der Waals surface area (Å²) in [6.07, 6.45) is 1.62. The molecule has 0 radical (unpaired) electrons. The van der Waals surface area contributed by atoms with E-state index in [1.807, 2.05) is 43.3 Å². The lowest BCUT2D eigenvalue weighted by Crippen LogP contribution is -2.29. The van der Waals surface area contributed by atoms with E-state index in [1.54, 1.807) is 31.3 Å². The second kappa shape index (κ2) is 8.86. The lowest BCUT2D eigenvalue weighted by atomic mass is 9.94. The quantitative estimate of drug-likeness (QED) is 0.362. The third-order valence-corrected chi connectivity index (χ3v) is 5.76. The molecule has 1 aliphatic rings. The Morgan fingerprint density at radius 3 is 2.42 bits per heavy atom. The van der Waals surface area contributed by atoms with Crippen LogP contribution in [-0.4, -0.2) is 40.8 Å². The van der Waals surface area contributed by atoms with Crippen molar-refractivity contribution in [3.05, 3.63) is 101 Å². The summed E-state index contributed by atoms with van der Waals surface area (Å²) < 4.78 is 13.8. The first-order chi connectivity index (χ1) is 15.8. The van der Waals surface area contributed by atoms with E-state index < -0.39 is 23.5 Å². The van der Waals surface area contributed by atoms with Gasteiger partial charge in [0.15, 0.2) is 0 Å². The Kier molecular flexibility index (Phi) is 5.96. The molecule has 3 aromatic rings. The van der Waals surface area contributed by atoms with Gasteiger partial charge in [-0.25, -0.2) is 4.39 Å². The van der Waals surface area contributed by atoms with Gasteiger partial charge in [0.25, 0.3) is 11.7 Å². The molecule has 1 fully saturated rings. The third kappa shape index (κ3) is 4.22. The minimum Gasteiger partial charge on any atom is -0.507 e. The molecule has 1 aliphatic heterocycles. The SMILES string of the molecule is Cc1cc(/C(O)=C2/C(=O)C(=O)N(Cc3ccccn3)C2c2ccc(N(C)C)cc2)ccc1F. The average molecular weight is 445 g/mol. The molecule has 1 N–H and O–H groups in total. The number of Topliss-reactive ketones (excluding diaryl/α,β-unsaturated/α-hetero) is 1. The number of anilines is 1. The fourth-order valence-electron chi connectivity index (χ4n) is 3.96. The summed E-state index contributed by atoms with van der Waals surface area (Å²) in [7, 11) is 3.83. The first-order valence-corrected chi connectivity index (χ1v) is 10.5. The molecule has 7 heteroatoms. The Labute approximate surface area is 191 Å². The van der Waals surface area contributed by atoms with Crippen molar-refractivity contribution in [2.45, 2.75) is 19.5 Å². The predicted molar refractivity (Wildman–Crippen MR) is 124 cm³/mol. The molecule has 1 amide bonds. The number of aryl methyl sites for hydroxylation is 1. The smallest absolute Gasteiger partial charge is 0.296 e. The number of hydrogen-bond donors (Lipinski definition) is 1. The van der Waals surface area contributed by atoms with Crippen LogP contribution in [0.2, 0.25) is 0 Å². The number of aliphatic hydroxyl groups excluding tert-OH is 1. The molecule has 2 aromatic carbocycles. The number of aliphatic hydroxyl groups is 1. The fraction of sp³-hybridized carbons (Fsp3) is 0.192. The number of hydrogen-bond acceptors (Lipinski definition) is 5. The van der Waals surface area contributed by atoms with Gasteiger partial charge in [-0.1, -0.05) is 18.2 Å². The van der Waals surface area contributed by atoms with Crippen molar-refractivity contribution in [1.29, 1.82) is 0 Å². The maximum atomic E-state index is 13.8. The highest BCUT2D eigenvalue weighted by Crippen LogP contribution is 2.40. The maximum absolute atomic E-state index is 13.8. The number of pyridine rings is 1. The molecule has 0 bridgehead atoms. The van der Waals surface area contributed by atoms with Crippen molar-refractivity contribution in [1.82, 2.24) is 9.88 Å². The molecule has 0 saturated carbocycles. The Morgan fingerprint density at radius 1 is 1.09 bits per heavy atom. The van der Waals surface area contributed by atoms with Crippen LogP contribution < -0.4 is 4.90 Å². The summed E-state index contributed by atoms with van der Waals surface area (Å²) in [6, 6.07) is 16.1. The van der Waals surface area contributed by atoms with Crippen molar-refractivity contribution in [3.63, 3.8) is 0 Å². The van der Waals surface area contributed by atoms with Gasteiger partial charge in [-0.05, 0) is 60.5 Å². The molecule has 168 valence electrons. The van der Waals surface area contributed by atoms with E-state index in [-0.39, 0.29) is 23.4 Å². The van der Waals surface area contributed by atoms with Crippen LogP contribution in [0.15, 0.2) is 72.4 Å². The van der Waals surface area contributed by atoms with Crippen molar-refractivity contribution in [2.75, 3.05) is 19.0 Å². The number of halogens is 1. The lowest BCUT2D eigenvalue weighted by molar-refractivity contribution is -0.140. The number of carbonyl (C=O) groups is 2. The van der Waals surface area contributed by atoms with Crippen LogP contribution in [-0.2, 0) is 16.1 Å². The van der Waals surface area contributed by atoms with E-state index in [1.165, 1.54) is 23.1 Å². The molecule has 1 aromatic heterocycles. The molecular formula is C26H24FN3O3. The first-order valence-electron chi connectivity index (χ1n) is 10.5. The largest absolute Gasteiger partial charge is 0.507 e. The fourth-order valence-corrected chi connectivity index (χ4v) is 3.96. The van der Waals surface area contributed by atoms with E-state index in [0.29, 0.717) is 16.8 Å². The predicted octanol–water partition coefficient (Wildman–Crippen LogP) is 4.22. The maximum Gasteiger partial charge on any atom is 0.296 e. The summed E-state index contributed by atoms with van der Waals surface area (Å²) >= 11 is 0. The number of ketones is 1. The third-order valence-electron chi connectivity index (χ3n) is 5.76. The van der Waals surface area contributed by atoms with Crippen LogP contribution in [0.3, 0.4) is 0 Å². The molecule has 0 spiro atoms. The zero-order chi connectivity index (χ0) is 23.7. The van der Waals surface area contributed by atoms with Gasteiger partial charge in [0, 0.05) is 31.5 Å². The number of rotatable bonds is 5. The number of aromatic nitrogens is 1. The summed E-state index contributed by atoms with van der Waals surface area (Å²) in [4.78, 5) is 33.8. The van der Waals surface area contributed by atoms with Gasteiger partial charge in [0.05, 0.1) is 23.9 Å². The van der Waals surface area contributed by atoms with Gasteiger partial charge >= 0.3 is 0 Å². The molecular weight excluding hydrogens is 421 g/mol. The van der Waals surface area contributed by atoms with Crippen molar-refractivity contribution in [2.24, 2.45) is 0 Å². The number of carbonyl (C=O) groups excluding carboxylic acids is 2. The van der Waals surface area contributed by atoms with Gasteiger partial charge in [-0.3, -0.25) is 14.6 Å². The van der Waals surface area contributed by atoms with Gasteiger partial charge in [-0.15, -0.1) is 0 Å². The normalized spacial score (nSPS) is 17.5. The topological polar surface area (TPSA) is 73.7 Å². The number of likely N-dealkylation sites (tertiary alicyclic amines) is 1. The second-order valence-corrected chi connectivity index (χ2v) is 8.20. The van der Waals surface area contributed by atoms with Crippen LogP contribution >= 0.6 is 0 Å². The van der Waals surface area contributed by atoms with Crippen LogP contribution in [0.4, 0.5) is 10.1 Å². The van der Waals surface area contributed by atoms with Gasteiger partial charge in [0.2, 0.25) is 0 Å². The van der Waals surface area contributed by atoms with E-state index >= 15 is 0 Å². The number of amides is 1. The summed E-state index contributed by atoms with van der Waals surface area (Å²) in [5.41, 5.74) is 2.82. The molecule has 4 rings (SSSR count). The standard InChI is InChI=1S/C26H24FN3O3/c1-16-14-18(9-12-21(16)27)24(31)22-23(17-7-10-20(11-8-17)29(2)3)30(26(33)25(22)32)15-19-6-4-5-13-28-19/h4-14,23,31H,15H2,1-3H3/b24-22-. The van der Waals surface area contributed by atoms with Crippen molar-refractivity contribution < 1.29 is 19.1 Å². The van der Waals surface area contributed by atoms with Crippen molar-refractivity contribution >= 4 is 23.1 Å². The van der Waals surface area contributed by atoms with Gasteiger partial charge < -0.3 is 14.9 Å². The van der Waals surface area contributed by atoms with E-state index in [0.717, 1.165) is 5.69 Å². The van der Waals surface area contributed by atoms with E-state index in [9.17, 15) is 19.1 Å². The summed E-state index contributed by atoms with van der Waals surface area (Å²) in [6.45, 7) is 1.67.